The van der Waals surface area contributed by atoms with Crippen molar-refractivity contribution in [3.05, 3.63) is 59.2 Å². The van der Waals surface area contributed by atoms with Gasteiger partial charge < -0.3 is 19.3 Å². The molecule has 0 bridgehead atoms. The van der Waals surface area contributed by atoms with E-state index in [9.17, 15) is 5.11 Å². The summed E-state index contributed by atoms with van der Waals surface area (Å²) in [5.74, 6) is 1.59. The van der Waals surface area contributed by atoms with E-state index >= 15 is 0 Å². The van der Waals surface area contributed by atoms with Crippen molar-refractivity contribution in [1.29, 1.82) is 0 Å². The van der Waals surface area contributed by atoms with Crippen LogP contribution >= 0.6 is 0 Å². The van der Waals surface area contributed by atoms with E-state index in [-0.39, 0.29) is 12.7 Å². The number of ether oxygens (including phenoxy) is 3. The molecular weight excluding hydrogens is 388 g/mol. The van der Waals surface area contributed by atoms with Gasteiger partial charge in [-0.15, -0.1) is 6.58 Å². The van der Waals surface area contributed by atoms with Crippen molar-refractivity contribution >= 4 is 0 Å². The summed E-state index contributed by atoms with van der Waals surface area (Å²) in [7, 11) is 1.68. The minimum absolute atomic E-state index is 0.0791. The molecule has 1 aromatic carbocycles. The van der Waals surface area contributed by atoms with E-state index in [0.717, 1.165) is 48.3 Å². The van der Waals surface area contributed by atoms with Gasteiger partial charge in [0.15, 0.2) is 0 Å². The van der Waals surface area contributed by atoms with Crippen molar-refractivity contribution in [3.8, 4) is 11.5 Å². The average Bonchev–Trinajstić information content (AvgIpc) is 2.71. The molecule has 1 aliphatic heterocycles. The van der Waals surface area contributed by atoms with Crippen LogP contribution in [0.2, 0.25) is 0 Å². The second-order valence-electron chi connectivity index (χ2n) is 8.86. The highest BCUT2D eigenvalue weighted by molar-refractivity contribution is 5.51. The van der Waals surface area contributed by atoms with E-state index in [1.54, 1.807) is 13.2 Å². The van der Waals surface area contributed by atoms with Crippen LogP contribution in [0, 0.1) is 6.92 Å². The third-order valence-electron chi connectivity index (χ3n) is 5.84. The first-order chi connectivity index (χ1) is 14.8. The number of hydrogen-bond acceptors (Lipinski definition) is 4. The molecule has 2 rings (SSSR count). The van der Waals surface area contributed by atoms with Gasteiger partial charge in [0.05, 0.1) is 25.4 Å². The van der Waals surface area contributed by atoms with Gasteiger partial charge in [0, 0.05) is 19.4 Å². The van der Waals surface area contributed by atoms with Gasteiger partial charge >= 0.3 is 0 Å². The number of aryl methyl sites for hydroxylation is 1. The van der Waals surface area contributed by atoms with Crippen LogP contribution in [-0.4, -0.2) is 31.0 Å². The Balaban J connectivity index is 2.25. The molecule has 31 heavy (non-hydrogen) atoms. The molecule has 0 saturated carbocycles. The molecule has 1 aliphatic rings. The van der Waals surface area contributed by atoms with Crippen LogP contribution in [0.15, 0.2) is 48.1 Å². The molecule has 0 fully saturated rings. The van der Waals surface area contributed by atoms with Crippen molar-refractivity contribution in [2.24, 2.45) is 0 Å². The maximum Gasteiger partial charge on any atom is 0.129 e. The summed E-state index contributed by atoms with van der Waals surface area (Å²) in [6.07, 6.45) is 11.3. The number of hydrogen-bond donors (Lipinski definition) is 1. The normalized spacial score (nSPS) is 20.6. The topological polar surface area (TPSA) is 47.9 Å². The Labute approximate surface area is 188 Å². The standard InChI is InChI=1S/C27H40O4/c1-7-16-30-25-19-27(14-15-28,13-9-12-21(4)11-8-10-20(2)3)31-24-18-22(5)17-23(29-6)26(24)25/h7,10,12,17-18,25,28H,1,8-9,11,13-16,19H2,2-6H3/b21-12+/t25-,27+/m0/s1. The molecule has 0 amide bonds. The molecule has 0 aliphatic carbocycles. The maximum absolute atomic E-state index is 9.84. The molecule has 4 nitrogen and oxygen atoms in total. The molecule has 2 atom stereocenters. The zero-order chi connectivity index (χ0) is 22.9. The predicted molar refractivity (Wildman–Crippen MR) is 128 cm³/mol. The van der Waals surface area contributed by atoms with Crippen LogP contribution in [-0.2, 0) is 4.74 Å². The summed E-state index contributed by atoms with van der Waals surface area (Å²) < 4.78 is 18.4. The predicted octanol–water partition coefficient (Wildman–Crippen LogP) is 6.62. The zero-order valence-electron chi connectivity index (χ0n) is 20.0. The number of aliphatic hydroxyl groups is 1. The summed E-state index contributed by atoms with van der Waals surface area (Å²) in [6.45, 7) is 12.8. The van der Waals surface area contributed by atoms with Crippen LogP contribution < -0.4 is 9.47 Å². The summed E-state index contributed by atoms with van der Waals surface area (Å²) in [5.41, 5.74) is 4.32. The van der Waals surface area contributed by atoms with Crippen LogP contribution in [0.1, 0.15) is 76.5 Å². The van der Waals surface area contributed by atoms with Gasteiger partial charge in [-0.3, -0.25) is 0 Å². The summed E-state index contributed by atoms with van der Waals surface area (Å²) >= 11 is 0. The number of aliphatic hydroxyl groups excluding tert-OH is 1. The highest BCUT2D eigenvalue weighted by atomic mass is 16.5. The highest BCUT2D eigenvalue weighted by Gasteiger charge is 2.42. The van der Waals surface area contributed by atoms with Gasteiger partial charge in [0.1, 0.15) is 17.1 Å². The molecule has 172 valence electrons. The van der Waals surface area contributed by atoms with Gasteiger partial charge in [-0.05, 0) is 71.1 Å². The Kier molecular flexibility index (Phi) is 9.86. The lowest BCUT2D eigenvalue weighted by Gasteiger charge is -2.42. The van der Waals surface area contributed by atoms with Crippen molar-refractivity contribution in [2.75, 3.05) is 20.3 Å². The lowest BCUT2D eigenvalue weighted by Crippen LogP contribution is -2.42. The number of benzene rings is 1. The fourth-order valence-electron chi connectivity index (χ4n) is 4.25. The molecule has 4 heteroatoms. The van der Waals surface area contributed by atoms with E-state index in [0.29, 0.717) is 19.4 Å². The first-order valence-corrected chi connectivity index (χ1v) is 11.3. The highest BCUT2D eigenvalue weighted by Crippen LogP contribution is 2.49. The van der Waals surface area contributed by atoms with Gasteiger partial charge in [-0.25, -0.2) is 0 Å². The van der Waals surface area contributed by atoms with Crippen molar-refractivity contribution in [3.63, 3.8) is 0 Å². The van der Waals surface area contributed by atoms with E-state index < -0.39 is 5.60 Å². The fourth-order valence-corrected chi connectivity index (χ4v) is 4.25. The van der Waals surface area contributed by atoms with Gasteiger partial charge in [-0.1, -0.05) is 29.4 Å². The van der Waals surface area contributed by atoms with Crippen LogP contribution in [0.3, 0.4) is 0 Å². The molecule has 0 unspecified atom stereocenters. The Bertz CT molecular complexity index is 789. The van der Waals surface area contributed by atoms with Crippen molar-refractivity contribution < 1.29 is 19.3 Å². The Morgan fingerprint density at radius 2 is 2.00 bits per heavy atom. The van der Waals surface area contributed by atoms with Gasteiger partial charge in [0.2, 0.25) is 0 Å². The molecule has 1 heterocycles. The Morgan fingerprint density at radius 3 is 2.65 bits per heavy atom. The monoisotopic (exact) mass is 428 g/mol. The van der Waals surface area contributed by atoms with Crippen molar-refractivity contribution in [1.82, 2.24) is 0 Å². The smallest absolute Gasteiger partial charge is 0.129 e. The third kappa shape index (κ3) is 7.26. The minimum atomic E-state index is -0.469. The molecule has 0 saturated heterocycles. The molecule has 0 spiro atoms. The second kappa shape index (κ2) is 12.1. The first kappa shape index (κ1) is 25.2. The van der Waals surface area contributed by atoms with E-state index in [2.05, 4.69) is 39.5 Å². The molecule has 0 radical (unpaired) electrons. The number of fused-ring (bicyclic) bond motifs is 1. The lowest BCUT2D eigenvalue weighted by molar-refractivity contribution is -0.0565. The summed E-state index contributed by atoms with van der Waals surface area (Å²) in [4.78, 5) is 0. The second-order valence-corrected chi connectivity index (χ2v) is 8.86. The minimum Gasteiger partial charge on any atom is -0.496 e. The van der Waals surface area contributed by atoms with Crippen LogP contribution in [0.5, 0.6) is 11.5 Å². The zero-order valence-corrected chi connectivity index (χ0v) is 20.0. The number of rotatable bonds is 12. The van der Waals surface area contributed by atoms with Crippen molar-refractivity contribution in [2.45, 2.75) is 77.9 Å². The Hall–Kier alpha value is -2.04. The first-order valence-electron chi connectivity index (χ1n) is 11.3. The van der Waals surface area contributed by atoms with E-state index in [4.69, 9.17) is 14.2 Å². The number of allylic oxidation sites excluding steroid dienone is 4. The van der Waals surface area contributed by atoms with Gasteiger partial charge in [-0.2, -0.15) is 0 Å². The quantitative estimate of drug-likeness (QED) is 0.380. The average molecular weight is 429 g/mol. The van der Waals surface area contributed by atoms with Gasteiger partial charge in [0.25, 0.3) is 0 Å². The summed E-state index contributed by atoms with van der Waals surface area (Å²) in [6, 6.07) is 4.07. The lowest BCUT2D eigenvalue weighted by atomic mass is 9.82. The molecule has 1 N–H and O–H groups in total. The van der Waals surface area contributed by atoms with Crippen LogP contribution in [0.25, 0.3) is 0 Å². The van der Waals surface area contributed by atoms with Crippen LogP contribution in [0.4, 0.5) is 0 Å². The molecule has 0 aromatic heterocycles. The summed E-state index contributed by atoms with van der Waals surface area (Å²) in [5, 5.41) is 9.84. The SMILES string of the molecule is C=CCO[C@H]1C[C@](CCO)(CC/C=C(\C)CCC=C(C)C)Oc2cc(C)cc(OC)c21. The largest absolute Gasteiger partial charge is 0.496 e. The number of methoxy groups -OCH3 is 1. The van der Waals surface area contributed by atoms with E-state index in [1.165, 1.54) is 11.1 Å². The molecule has 1 aromatic rings. The third-order valence-corrected chi connectivity index (χ3v) is 5.84. The van der Waals surface area contributed by atoms with E-state index in [1.807, 2.05) is 19.1 Å². The fraction of sp³-hybridized carbons (Fsp3) is 0.556. The molecular formula is C27H40O4. The Morgan fingerprint density at radius 1 is 1.23 bits per heavy atom. The maximum atomic E-state index is 9.84.